The third-order valence-corrected chi connectivity index (χ3v) is 5.18. The van der Waals surface area contributed by atoms with E-state index in [9.17, 15) is 13.8 Å². The molecular formula is C23H27N3O6S. The lowest BCUT2D eigenvalue weighted by molar-refractivity contribution is -0.142. The highest BCUT2D eigenvalue weighted by Gasteiger charge is 2.18. The second kappa shape index (κ2) is 13.3. The Bertz CT molecular complexity index is 989. The van der Waals surface area contributed by atoms with Crippen LogP contribution in [0, 0.1) is 11.3 Å². The summed E-state index contributed by atoms with van der Waals surface area (Å²) in [5, 5.41) is 11.6. The first-order valence-electron chi connectivity index (χ1n) is 10.4. The van der Waals surface area contributed by atoms with E-state index in [2.05, 4.69) is 11.4 Å². The van der Waals surface area contributed by atoms with Gasteiger partial charge in [0.2, 0.25) is 0 Å². The van der Waals surface area contributed by atoms with Gasteiger partial charge >= 0.3 is 23.4 Å². The van der Waals surface area contributed by atoms with Crippen molar-refractivity contribution in [2.75, 3.05) is 24.6 Å². The smallest absolute Gasteiger partial charge is 0.321 e. The van der Waals surface area contributed by atoms with Crippen molar-refractivity contribution >= 4 is 29.0 Å². The van der Waals surface area contributed by atoms with Crippen molar-refractivity contribution in [1.29, 1.82) is 5.26 Å². The van der Waals surface area contributed by atoms with Crippen LogP contribution < -0.4 is 10.2 Å². The number of hydrogen-bond acceptors (Lipinski definition) is 6. The Hall–Kier alpha value is -3.26. The van der Waals surface area contributed by atoms with Crippen LogP contribution in [0.1, 0.15) is 32.3 Å². The number of nitrogens with zero attached hydrogens (tertiary/aromatic N) is 2. The number of amides is 2. The van der Waals surface area contributed by atoms with E-state index in [4.69, 9.17) is 18.7 Å². The number of nitriles is 1. The van der Waals surface area contributed by atoms with Crippen molar-refractivity contribution in [2.45, 2.75) is 32.8 Å². The van der Waals surface area contributed by atoms with E-state index in [0.717, 1.165) is 11.1 Å². The largest absolute Gasteiger partial charge is 0.466 e. The van der Waals surface area contributed by atoms with Crippen molar-refractivity contribution in [3.05, 3.63) is 54.1 Å². The van der Waals surface area contributed by atoms with Gasteiger partial charge in [-0.2, -0.15) is 9.47 Å². The van der Waals surface area contributed by atoms with Crippen molar-refractivity contribution in [3.8, 4) is 17.2 Å². The van der Waals surface area contributed by atoms with Crippen molar-refractivity contribution in [1.82, 2.24) is 5.32 Å². The maximum absolute atomic E-state index is 12.8. The van der Waals surface area contributed by atoms with Gasteiger partial charge in [0.1, 0.15) is 0 Å². The van der Waals surface area contributed by atoms with E-state index < -0.39 is 29.5 Å². The molecule has 2 atom stereocenters. The standard InChI is InChI=1S/C23H27N3O6S/c1-3-31-22(27)12-14-25-23(28)26(15-13-17(2)32-33(29)30)21-10-8-20(9-11-21)19-6-4-18(16-24)5-7-19/h4-11,17H,3,12-15H2,1-2H3,(H,25,28)(H,29,30). The number of carbonyl (C=O) groups is 2. The average molecular weight is 474 g/mol. The van der Waals surface area contributed by atoms with Crippen molar-refractivity contribution in [3.63, 3.8) is 0 Å². The molecule has 33 heavy (non-hydrogen) atoms. The summed E-state index contributed by atoms with van der Waals surface area (Å²) in [5.41, 5.74) is 3.02. The summed E-state index contributed by atoms with van der Waals surface area (Å²) >= 11 is -2.40. The molecular weight excluding hydrogens is 446 g/mol. The van der Waals surface area contributed by atoms with E-state index in [1.165, 1.54) is 4.90 Å². The summed E-state index contributed by atoms with van der Waals surface area (Å²) in [5.74, 6) is -0.399. The molecule has 2 N–H and O–H groups in total. The minimum absolute atomic E-state index is 0.0497. The molecule has 0 spiro atoms. The highest BCUT2D eigenvalue weighted by molar-refractivity contribution is 7.74. The first-order valence-corrected chi connectivity index (χ1v) is 11.5. The Morgan fingerprint density at radius 1 is 1.15 bits per heavy atom. The van der Waals surface area contributed by atoms with Crippen LogP contribution in [0.15, 0.2) is 48.5 Å². The first-order chi connectivity index (χ1) is 15.8. The van der Waals surface area contributed by atoms with Crippen LogP contribution in [-0.4, -0.2) is 46.6 Å². The molecule has 2 rings (SSSR count). The van der Waals surface area contributed by atoms with Crippen LogP contribution in [0.2, 0.25) is 0 Å². The zero-order valence-electron chi connectivity index (χ0n) is 18.5. The van der Waals surface area contributed by atoms with Gasteiger partial charge in [0, 0.05) is 18.8 Å². The lowest BCUT2D eigenvalue weighted by atomic mass is 10.0. The molecule has 9 nitrogen and oxygen atoms in total. The number of carbonyl (C=O) groups excluding carboxylic acids is 2. The summed E-state index contributed by atoms with van der Waals surface area (Å²) in [4.78, 5) is 25.8. The number of esters is 1. The minimum atomic E-state index is -2.40. The molecule has 176 valence electrons. The fraction of sp³-hybridized carbons (Fsp3) is 0.348. The fourth-order valence-corrected chi connectivity index (χ4v) is 3.40. The molecule has 0 aliphatic rings. The van der Waals surface area contributed by atoms with Gasteiger partial charge in [-0.15, -0.1) is 0 Å². The topological polar surface area (TPSA) is 129 Å². The molecule has 0 saturated carbocycles. The third-order valence-electron chi connectivity index (χ3n) is 4.69. The van der Waals surface area contributed by atoms with Crippen LogP contribution in [0.3, 0.4) is 0 Å². The van der Waals surface area contributed by atoms with Crippen LogP contribution >= 0.6 is 0 Å². The molecule has 0 radical (unpaired) electrons. The molecule has 0 saturated heterocycles. The SMILES string of the molecule is CCOC(=O)CCNC(=O)N(CCC(C)OS(=O)O)c1ccc(-c2ccc(C#N)cc2)cc1. The molecule has 0 bridgehead atoms. The van der Waals surface area contributed by atoms with Gasteiger partial charge in [-0.25, -0.2) is 4.79 Å². The van der Waals surface area contributed by atoms with Gasteiger partial charge < -0.3 is 10.1 Å². The van der Waals surface area contributed by atoms with Crippen LogP contribution in [0.4, 0.5) is 10.5 Å². The highest BCUT2D eigenvalue weighted by Crippen LogP contribution is 2.24. The number of urea groups is 1. The Balaban J connectivity index is 2.13. The Kier molecular flexibility index (Phi) is 10.5. The fourth-order valence-electron chi connectivity index (χ4n) is 3.02. The van der Waals surface area contributed by atoms with E-state index in [1.807, 2.05) is 24.3 Å². The summed E-state index contributed by atoms with van der Waals surface area (Å²) < 4.78 is 29.5. The maximum atomic E-state index is 12.8. The Labute approximate surface area is 195 Å². The third kappa shape index (κ3) is 8.65. The molecule has 2 aromatic carbocycles. The summed E-state index contributed by atoms with van der Waals surface area (Å²) in [6.07, 6.45) is -0.188. The van der Waals surface area contributed by atoms with E-state index >= 15 is 0 Å². The second-order valence-corrected chi connectivity index (χ2v) is 7.71. The first kappa shape index (κ1) is 26.0. The maximum Gasteiger partial charge on any atom is 0.321 e. The van der Waals surface area contributed by atoms with Crippen LogP contribution in [-0.2, 0) is 25.1 Å². The van der Waals surface area contributed by atoms with Crippen molar-refractivity contribution < 1.29 is 27.3 Å². The predicted molar refractivity (Wildman–Crippen MR) is 125 cm³/mol. The molecule has 0 heterocycles. The molecule has 2 amide bonds. The lowest BCUT2D eigenvalue weighted by Crippen LogP contribution is -2.42. The number of benzene rings is 2. The van der Waals surface area contributed by atoms with Crippen LogP contribution in [0.25, 0.3) is 11.1 Å². The van der Waals surface area contributed by atoms with E-state index in [-0.39, 0.29) is 26.1 Å². The molecule has 10 heteroatoms. The highest BCUT2D eigenvalue weighted by atomic mass is 32.2. The second-order valence-electron chi connectivity index (χ2n) is 7.09. The minimum Gasteiger partial charge on any atom is -0.466 e. The van der Waals surface area contributed by atoms with Gasteiger partial charge in [0.05, 0.1) is 30.8 Å². The number of rotatable bonds is 11. The zero-order chi connectivity index (χ0) is 24.2. The zero-order valence-corrected chi connectivity index (χ0v) is 19.3. The molecule has 0 aliphatic heterocycles. The number of ether oxygens (including phenoxy) is 1. The Morgan fingerprint density at radius 3 is 2.30 bits per heavy atom. The van der Waals surface area contributed by atoms with E-state index in [1.54, 1.807) is 38.1 Å². The lowest BCUT2D eigenvalue weighted by Gasteiger charge is -2.24. The number of hydrogen-bond donors (Lipinski definition) is 2. The molecule has 2 unspecified atom stereocenters. The van der Waals surface area contributed by atoms with Gasteiger partial charge in [0.25, 0.3) is 0 Å². The van der Waals surface area contributed by atoms with Gasteiger partial charge in [-0.3, -0.25) is 18.4 Å². The molecule has 0 aliphatic carbocycles. The molecule has 2 aromatic rings. The monoisotopic (exact) mass is 473 g/mol. The van der Waals surface area contributed by atoms with Gasteiger partial charge in [-0.05, 0) is 55.7 Å². The average Bonchev–Trinajstić information content (AvgIpc) is 2.79. The Morgan fingerprint density at radius 2 is 1.76 bits per heavy atom. The number of anilines is 1. The van der Waals surface area contributed by atoms with E-state index in [0.29, 0.717) is 17.7 Å². The summed E-state index contributed by atoms with van der Waals surface area (Å²) in [6, 6.07) is 16.1. The predicted octanol–water partition coefficient (Wildman–Crippen LogP) is 3.63. The van der Waals surface area contributed by atoms with Gasteiger partial charge in [0.15, 0.2) is 0 Å². The quantitative estimate of drug-likeness (QED) is 0.377. The normalized spacial score (nSPS) is 12.3. The summed E-state index contributed by atoms with van der Waals surface area (Å²) in [6.45, 7) is 3.96. The molecule has 0 aromatic heterocycles. The summed E-state index contributed by atoms with van der Waals surface area (Å²) in [7, 11) is 0. The molecule has 0 fully saturated rings. The van der Waals surface area contributed by atoms with Crippen LogP contribution in [0.5, 0.6) is 0 Å². The number of nitrogens with one attached hydrogen (secondary N) is 1. The van der Waals surface area contributed by atoms with Crippen molar-refractivity contribution in [2.24, 2.45) is 0 Å². The van der Waals surface area contributed by atoms with Gasteiger partial charge in [-0.1, -0.05) is 24.3 Å².